The number of rotatable bonds is 9. The fourth-order valence-corrected chi connectivity index (χ4v) is 5.00. The Balaban J connectivity index is 1.58. The van der Waals surface area contributed by atoms with Gasteiger partial charge in [0.1, 0.15) is 11.5 Å². The van der Waals surface area contributed by atoms with E-state index < -0.39 is 34.6 Å². The third-order valence-electron chi connectivity index (χ3n) is 4.93. The molecule has 0 bridgehead atoms. The van der Waals surface area contributed by atoms with Gasteiger partial charge in [0.05, 0.1) is 35.9 Å². The number of nitrogens with one attached hydrogen (secondary N) is 1. The Morgan fingerprint density at radius 3 is 2.49 bits per heavy atom. The van der Waals surface area contributed by atoms with Crippen LogP contribution in [0.2, 0.25) is 10.0 Å². The minimum Gasteiger partial charge on any atom is -0.495 e. The number of amides is 1. The molecule has 13 heteroatoms. The van der Waals surface area contributed by atoms with Gasteiger partial charge in [-0.2, -0.15) is 4.31 Å². The highest BCUT2D eigenvalue weighted by molar-refractivity contribution is 7.89. The smallest absolute Gasteiger partial charge is 0.347 e. The third kappa shape index (κ3) is 6.98. The number of carbonyl (C=O) groups is 2. The first kappa shape index (κ1) is 27.0. The third-order valence-corrected chi connectivity index (χ3v) is 7.36. The number of sulfonamides is 1. The van der Waals surface area contributed by atoms with Gasteiger partial charge in [0.15, 0.2) is 12.7 Å². The number of halogens is 2. The van der Waals surface area contributed by atoms with E-state index in [9.17, 15) is 18.0 Å². The van der Waals surface area contributed by atoms with Crippen LogP contribution in [0.5, 0.6) is 11.5 Å². The molecule has 0 radical (unpaired) electrons. The number of benzene rings is 2. The van der Waals surface area contributed by atoms with Crippen LogP contribution in [0.15, 0.2) is 41.3 Å². The monoisotopic (exact) mass is 546 g/mol. The molecule has 1 fully saturated rings. The minimum absolute atomic E-state index is 0.0208. The SMILES string of the molecule is COc1cc(S(=O)(=O)N2CCOCC2)ccc1NC(=O)COC(=O)[C@@H](C)Oc1ccc(Cl)cc1Cl. The van der Waals surface area contributed by atoms with Gasteiger partial charge in [0.2, 0.25) is 10.0 Å². The van der Waals surface area contributed by atoms with Crippen molar-refractivity contribution in [2.45, 2.75) is 17.9 Å². The maximum atomic E-state index is 12.8. The van der Waals surface area contributed by atoms with Gasteiger partial charge in [-0.1, -0.05) is 23.2 Å². The Morgan fingerprint density at radius 1 is 1.11 bits per heavy atom. The number of ether oxygens (including phenoxy) is 4. The van der Waals surface area contributed by atoms with Crippen molar-refractivity contribution in [3.63, 3.8) is 0 Å². The van der Waals surface area contributed by atoms with Crippen LogP contribution in [-0.4, -0.2) is 70.7 Å². The zero-order valence-corrected chi connectivity index (χ0v) is 21.3. The van der Waals surface area contributed by atoms with Crippen LogP contribution in [0, 0.1) is 0 Å². The van der Waals surface area contributed by atoms with Gasteiger partial charge in [-0.05, 0) is 37.3 Å². The van der Waals surface area contributed by atoms with E-state index in [4.69, 9.17) is 42.1 Å². The summed E-state index contributed by atoms with van der Waals surface area (Å²) in [5.41, 5.74) is 0.215. The zero-order chi connectivity index (χ0) is 25.6. The van der Waals surface area contributed by atoms with Crippen LogP contribution < -0.4 is 14.8 Å². The minimum atomic E-state index is -3.74. The van der Waals surface area contributed by atoms with Crippen LogP contribution in [0.1, 0.15) is 6.92 Å². The maximum absolute atomic E-state index is 12.8. The summed E-state index contributed by atoms with van der Waals surface area (Å²) in [5.74, 6) is -1.07. The highest BCUT2D eigenvalue weighted by Crippen LogP contribution is 2.30. The lowest BCUT2D eigenvalue weighted by molar-refractivity contribution is -0.153. The van der Waals surface area contributed by atoms with Gasteiger partial charge in [0.25, 0.3) is 5.91 Å². The summed E-state index contributed by atoms with van der Waals surface area (Å²) >= 11 is 11.9. The highest BCUT2D eigenvalue weighted by atomic mass is 35.5. The van der Waals surface area contributed by atoms with E-state index in [1.165, 1.54) is 48.7 Å². The van der Waals surface area contributed by atoms with Crippen molar-refractivity contribution in [3.8, 4) is 11.5 Å². The molecule has 1 aliphatic heterocycles. The molecule has 0 aromatic heterocycles. The van der Waals surface area contributed by atoms with E-state index in [0.717, 1.165) is 0 Å². The van der Waals surface area contributed by atoms with Gasteiger partial charge in [-0.25, -0.2) is 13.2 Å². The largest absolute Gasteiger partial charge is 0.495 e. The predicted molar refractivity (Wildman–Crippen MR) is 129 cm³/mol. The van der Waals surface area contributed by atoms with Crippen molar-refractivity contribution in [2.24, 2.45) is 0 Å². The van der Waals surface area contributed by atoms with E-state index in [1.54, 1.807) is 6.07 Å². The zero-order valence-electron chi connectivity index (χ0n) is 19.0. The van der Waals surface area contributed by atoms with Crippen molar-refractivity contribution in [3.05, 3.63) is 46.4 Å². The van der Waals surface area contributed by atoms with Gasteiger partial charge >= 0.3 is 5.97 Å². The van der Waals surface area contributed by atoms with E-state index in [2.05, 4.69) is 5.32 Å². The molecule has 0 unspecified atom stereocenters. The van der Waals surface area contributed by atoms with E-state index in [0.29, 0.717) is 18.2 Å². The quantitative estimate of drug-likeness (QED) is 0.476. The topological polar surface area (TPSA) is 120 Å². The molecule has 0 aliphatic carbocycles. The van der Waals surface area contributed by atoms with E-state index in [-0.39, 0.29) is 40.2 Å². The number of hydrogen-bond acceptors (Lipinski definition) is 8. The molecular weight excluding hydrogens is 523 g/mol. The summed E-state index contributed by atoms with van der Waals surface area (Å²) < 4.78 is 47.9. The molecule has 1 heterocycles. The summed E-state index contributed by atoms with van der Waals surface area (Å²) in [7, 11) is -2.40. The first-order valence-corrected chi connectivity index (χ1v) is 12.7. The number of morpholine rings is 1. The molecule has 1 saturated heterocycles. The second-order valence-electron chi connectivity index (χ2n) is 7.37. The van der Waals surface area contributed by atoms with E-state index >= 15 is 0 Å². The Morgan fingerprint density at radius 2 is 1.83 bits per heavy atom. The first-order chi connectivity index (χ1) is 16.6. The average Bonchev–Trinajstić information content (AvgIpc) is 2.84. The summed E-state index contributed by atoms with van der Waals surface area (Å²) in [5, 5.41) is 3.17. The summed E-state index contributed by atoms with van der Waals surface area (Å²) in [6.07, 6.45) is -1.04. The molecule has 1 atom stereocenters. The molecule has 1 N–H and O–H groups in total. The first-order valence-electron chi connectivity index (χ1n) is 10.5. The number of anilines is 1. The summed E-state index contributed by atoms with van der Waals surface area (Å²) in [6, 6.07) is 8.61. The molecule has 10 nitrogen and oxygen atoms in total. The molecule has 35 heavy (non-hydrogen) atoms. The number of esters is 1. The van der Waals surface area contributed by atoms with E-state index in [1.807, 2.05) is 0 Å². The molecule has 0 spiro atoms. The van der Waals surface area contributed by atoms with Gasteiger partial charge in [-0.15, -0.1) is 0 Å². The van der Waals surface area contributed by atoms with Crippen molar-refractivity contribution >= 4 is 50.8 Å². The Kier molecular flexibility index (Phi) is 9.20. The molecule has 190 valence electrons. The van der Waals surface area contributed by atoms with Crippen molar-refractivity contribution in [2.75, 3.05) is 45.3 Å². The van der Waals surface area contributed by atoms with Crippen LogP contribution in [0.4, 0.5) is 5.69 Å². The molecule has 1 aliphatic rings. The second-order valence-corrected chi connectivity index (χ2v) is 10.2. The standard InChI is InChI=1S/C22H24Cl2N2O8S/c1-14(34-19-6-3-15(23)11-17(19)24)22(28)33-13-21(27)25-18-5-4-16(12-20(18)31-2)35(29,30)26-7-9-32-10-8-26/h3-6,11-12,14H,7-10,13H2,1-2H3,(H,25,27)/t14-/m1/s1. The van der Waals surface area contributed by atoms with Gasteiger partial charge in [-0.3, -0.25) is 4.79 Å². The average molecular weight is 547 g/mol. The van der Waals surface area contributed by atoms with Crippen LogP contribution >= 0.6 is 23.2 Å². The molecule has 2 aromatic rings. The lowest BCUT2D eigenvalue weighted by Crippen LogP contribution is -2.40. The molecule has 2 aromatic carbocycles. The second kappa shape index (κ2) is 11.9. The normalized spacial score (nSPS) is 15.2. The number of hydrogen-bond donors (Lipinski definition) is 1. The molecule has 0 saturated carbocycles. The summed E-state index contributed by atoms with van der Waals surface area (Å²) in [6.45, 7) is 1.99. The fraction of sp³-hybridized carbons (Fsp3) is 0.364. The van der Waals surface area contributed by atoms with Crippen molar-refractivity contribution in [1.82, 2.24) is 4.31 Å². The van der Waals surface area contributed by atoms with Crippen molar-refractivity contribution in [1.29, 1.82) is 0 Å². The van der Waals surface area contributed by atoms with Gasteiger partial charge in [0, 0.05) is 24.2 Å². The Hall–Kier alpha value is -2.57. The number of nitrogens with zero attached hydrogens (tertiary/aromatic N) is 1. The Bertz CT molecular complexity index is 1190. The lowest BCUT2D eigenvalue weighted by Gasteiger charge is -2.26. The summed E-state index contributed by atoms with van der Waals surface area (Å²) in [4.78, 5) is 24.6. The molecular formula is C22H24Cl2N2O8S. The number of methoxy groups -OCH3 is 1. The maximum Gasteiger partial charge on any atom is 0.347 e. The highest BCUT2D eigenvalue weighted by Gasteiger charge is 2.27. The van der Waals surface area contributed by atoms with Crippen LogP contribution in [0.3, 0.4) is 0 Å². The van der Waals surface area contributed by atoms with Crippen molar-refractivity contribution < 1.29 is 37.0 Å². The fourth-order valence-electron chi connectivity index (χ4n) is 3.12. The van der Waals surface area contributed by atoms with Crippen LogP contribution in [-0.2, 0) is 29.1 Å². The predicted octanol–water partition coefficient (Wildman–Crippen LogP) is 2.97. The van der Waals surface area contributed by atoms with Gasteiger partial charge < -0.3 is 24.3 Å². The van der Waals surface area contributed by atoms with Crippen LogP contribution in [0.25, 0.3) is 0 Å². The molecule has 1 amide bonds. The molecule has 3 rings (SSSR count). The Labute approximate surface area is 213 Å². The number of carbonyl (C=O) groups excluding carboxylic acids is 2. The lowest BCUT2D eigenvalue weighted by atomic mass is 10.3.